The van der Waals surface area contributed by atoms with Gasteiger partial charge in [0.1, 0.15) is 0 Å². The molecule has 0 aliphatic carbocycles. The van der Waals surface area contributed by atoms with E-state index in [9.17, 15) is 4.79 Å². The molecule has 0 aromatic rings. The van der Waals surface area contributed by atoms with E-state index < -0.39 is 5.91 Å². The van der Waals surface area contributed by atoms with Gasteiger partial charge in [0.15, 0.2) is 0 Å². The van der Waals surface area contributed by atoms with Crippen LogP contribution in [0.15, 0.2) is 0 Å². The molecular formula is C7H14NO. The molecule has 1 amide bonds. The van der Waals surface area contributed by atoms with E-state index in [1.165, 1.54) is 0 Å². The number of carbonyl (C=O) groups excluding carboxylic acids is 1. The van der Waals surface area contributed by atoms with Crippen molar-refractivity contribution in [1.82, 2.24) is 5.73 Å². The van der Waals surface area contributed by atoms with Gasteiger partial charge in [0.25, 0.3) is 0 Å². The first-order valence-corrected chi connectivity index (χ1v) is 3.11. The van der Waals surface area contributed by atoms with Gasteiger partial charge in [0, 0.05) is 5.92 Å². The number of hydrogen-bond donors (Lipinski definition) is 0. The molecule has 1 radical (unpaired) electrons. The molecule has 0 aliphatic rings. The normalized spacial score (nSPS) is 15.1. The first-order valence-electron chi connectivity index (χ1n) is 3.11. The average molecular weight is 128 g/mol. The SMILES string of the molecule is CC(C([NH])=O)C(C)(C)C. The Balaban J connectivity index is 4.04. The number of rotatable bonds is 1. The van der Waals surface area contributed by atoms with Crippen LogP contribution in [0.3, 0.4) is 0 Å². The smallest absolute Gasteiger partial charge is 0.241 e. The quantitative estimate of drug-likeness (QED) is 0.527. The number of carbonyl (C=O) groups is 1. The highest BCUT2D eigenvalue weighted by molar-refractivity contribution is 5.76. The Morgan fingerprint density at radius 2 is 1.78 bits per heavy atom. The van der Waals surface area contributed by atoms with Gasteiger partial charge in [-0.15, -0.1) is 0 Å². The summed E-state index contributed by atoms with van der Waals surface area (Å²) in [6, 6.07) is 0. The third-order valence-corrected chi connectivity index (χ3v) is 1.69. The molecule has 0 rings (SSSR count). The summed E-state index contributed by atoms with van der Waals surface area (Å²) in [5.74, 6) is -0.625. The van der Waals surface area contributed by atoms with Crippen molar-refractivity contribution in [3.05, 3.63) is 0 Å². The molecule has 0 spiro atoms. The summed E-state index contributed by atoms with van der Waals surface area (Å²) < 4.78 is 0. The Morgan fingerprint density at radius 1 is 1.44 bits per heavy atom. The molecule has 0 saturated heterocycles. The van der Waals surface area contributed by atoms with Crippen LogP contribution in [0.5, 0.6) is 0 Å². The van der Waals surface area contributed by atoms with E-state index >= 15 is 0 Å². The Kier molecular flexibility index (Phi) is 2.24. The lowest BCUT2D eigenvalue weighted by molar-refractivity contribution is -0.124. The molecule has 0 heterocycles. The van der Waals surface area contributed by atoms with Gasteiger partial charge < -0.3 is 0 Å². The van der Waals surface area contributed by atoms with Crippen molar-refractivity contribution in [2.24, 2.45) is 11.3 Å². The molecule has 1 N–H and O–H groups in total. The van der Waals surface area contributed by atoms with Crippen molar-refractivity contribution in [3.8, 4) is 0 Å². The molecule has 53 valence electrons. The predicted molar refractivity (Wildman–Crippen MR) is 36.7 cm³/mol. The Morgan fingerprint density at radius 3 is 1.78 bits per heavy atom. The predicted octanol–water partition coefficient (Wildman–Crippen LogP) is 1.48. The van der Waals surface area contributed by atoms with E-state index in [4.69, 9.17) is 5.73 Å². The zero-order valence-corrected chi connectivity index (χ0v) is 6.49. The van der Waals surface area contributed by atoms with Crippen molar-refractivity contribution in [3.63, 3.8) is 0 Å². The van der Waals surface area contributed by atoms with Gasteiger partial charge in [0.2, 0.25) is 5.91 Å². The van der Waals surface area contributed by atoms with E-state index in [0.29, 0.717) is 0 Å². The van der Waals surface area contributed by atoms with E-state index in [1.54, 1.807) is 6.92 Å². The average Bonchev–Trinajstić information content (AvgIpc) is 1.62. The fraction of sp³-hybridized carbons (Fsp3) is 0.857. The van der Waals surface area contributed by atoms with Gasteiger partial charge in [-0.2, -0.15) is 0 Å². The van der Waals surface area contributed by atoms with Gasteiger partial charge in [-0.25, -0.2) is 0 Å². The second-order valence-corrected chi connectivity index (χ2v) is 3.45. The van der Waals surface area contributed by atoms with Gasteiger partial charge >= 0.3 is 0 Å². The second-order valence-electron chi connectivity index (χ2n) is 3.45. The van der Waals surface area contributed by atoms with E-state index in [0.717, 1.165) is 0 Å². The zero-order valence-electron chi connectivity index (χ0n) is 6.49. The molecule has 1 atom stereocenters. The maximum Gasteiger partial charge on any atom is 0.241 e. The number of nitrogens with one attached hydrogen (secondary N) is 1. The summed E-state index contributed by atoms with van der Waals surface area (Å²) >= 11 is 0. The highest BCUT2D eigenvalue weighted by Gasteiger charge is 2.24. The molecule has 0 saturated carbocycles. The van der Waals surface area contributed by atoms with E-state index in [-0.39, 0.29) is 11.3 Å². The third kappa shape index (κ3) is 2.49. The van der Waals surface area contributed by atoms with Crippen LogP contribution in [-0.2, 0) is 4.79 Å². The van der Waals surface area contributed by atoms with E-state index in [2.05, 4.69) is 0 Å². The first-order chi connectivity index (χ1) is 3.85. The topological polar surface area (TPSA) is 40.9 Å². The monoisotopic (exact) mass is 128 g/mol. The summed E-state index contributed by atoms with van der Waals surface area (Å²) in [6.45, 7) is 7.67. The fourth-order valence-corrected chi connectivity index (χ4v) is 0.393. The standard InChI is InChI=1S/C7H14NO/c1-5(6(8)9)7(2,3)4/h5,8H,1-4H3. The van der Waals surface area contributed by atoms with Crippen LogP contribution in [0.25, 0.3) is 0 Å². The van der Waals surface area contributed by atoms with Crippen LogP contribution in [0.4, 0.5) is 0 Å². The summed E-state index contributed by atoms with van der Waals surface area (Å²) in [7, 11) is 0. The van der Waals surface area contributed by atoms with Crippen LogP contribution in [0, 0.1) is 11.3 Å². The van der Waals surface area contributed by atoms with E-state index in [1.807, 2.05) is 20.8 Å². The van der Waals surface area contributed by atoms with Crippen LogP contribution in [-0.4, -0.2) is 5.91 Å². The van der Waals surface area contributed by atoms with Crippen molar-refractivity contribution < 1.29 is 4.79 Å². The summed E-state index contributed by atoms with van der Waals surface area (Å²) in [5, 5.41) is 0. The molecule has 0 bridgehead atoms. The molecule has 2 heteroatoms. The van der Waals surface area contributed by atoms with Crippen LogP contribution in [0.1, 0.15) is 27.7 Å². The van der Waals surface area contributed by atoms with Crippen molar-refractivity contribution in [2.75, 3.05) is 0 Å². The minimum atomic E-state index is -0.470. The Hall–Kier alpha value is -0.530. The minimum absolute atomic E-state index is 0.0567. The second kappa shape index (κ2) is 2.38. The summed E-state index contributed by atoms with van der Waals surface area (Å²) in [4.78, 5) is 10.5. The summed E-state index contributed by atoms with van der Waals surface area (Å²) in [5.41, 5.74) is 6.74. The first kappa shape index (κ1) is 8.47. The van der Waals surface area contributed by atoms with Crippen LogP contribution < -0.4 is 5.73 Å². The molecule has 0 aromatic carbocycles. The lowest BCUT2D eigenvalue weighted by atomic mass is 9.82. The molecule has 2 nitrogen and oxygen atoms in total. The molecular weight excluding hydrogens is 114 g/mol. The zero-order chi connectivity index (χ0) is 7.65. The van der Waals surface area contributed by atoms with Crippen LogP contribution >= 0.6 is 0 Å². The fourth-order valence-electron chi connectivity index (χ4n) is 0.393. The lowest BCUT2D eigenvalue weighted by Crippen LogP contribution is -2.26. The molecule has 0 fully saturated rings. The molecule has 1 unspecified atom stereocenters. The van der Waals surface area contributed by atoms with Crippen LogP contribution in [0.2, 0.25) is 0 Å². The van der Waals surface area contributed by atoms with Crippen molar-refractivity contribution >= 4 is 5.91 Å². The molecule has 9 heavy (non-hydrogen) atoms. The van der Waals surface area contributed by atoms with Crippen molar-refractivity contribution in [1.29, 1.82) is 0 Å². The maximum atomic E-state index is 10.5. The highest BCUT2D eigenvalue weighted by atomic mass is 16.1. The third-order valence-electron chi connectivity index (χ3n) is 1.69. The Bertz CT molecular complexity index is 113. The molecule has 0 aromatic heterocycles. The summed E-state index contributed by atoms with van der Waals surface area (Å²) in [6.07, 6.45) is 0. The maximum absolute atomic E-state index is 10.5. The highest BCUT2D eigenvalue weighted by Crippen LogP contribution is 2.24. The number of amides is 1. The van der Waals surface area contributed by atoms with Gasteiger partial charge in [0.05, 0.1) is 0 Å². The molecule has 0 aliphatic heterocycles. The lowest BCUT2D eigenvalue weighted by Gasteiger charge is -2.23. The minimum Gasteiger partial charge on any atom is -0.273 e. The largest absolute Gasteiger partial charge is 0.273 e. The van der Waals surface area contributed by atoms with Gasteiger partial charge in [-0.05, 0) is 5.41 Å². The number of hydrogen-bond acceptors (Lipinski definition) is 1. The van der Waals surface area contributed by atoms with Gasteiger partial charge in [-0.1, -0.05) is 27.7 Å². The Labute approximate surface area is 56.4 Å². The van der Waals surface area contributed by atoms with Crippen molar-refractivity contribution in [2.45, 2.75) is 27.7 Å². The van der Waals surface area contributed by atoms with Gasteiger partial charge in [-0.3, -0.25) is 10.5 Å².